The Morgan fingerprint density at radius 1 is 1.40 bits per heavy atom. The molecule has 0 aliphatic carbocycles. The number of carbonyl (C=O) groups is 1. The molecule has 0 amide bonds. The molecule has 0 aromatic carbocycles. The summed E-state index contributed by atoms with van der Waals surface area (Å²) in [5, 5.41) is -0.438. The zero-order valence-corrected chi connectivity index (χ0v) is 10.2. The van der Waals surface area contributed by atoms with Crippen LogP contribution in [0, 0.1) is 0 Å². The van der Waals surface area contributed by atoms with Gasteiger partial charge in [-0.25, -0.2) is 8.42 Å². The minimum atomic E-state index is -3.13. The van der Waals surface area contributed by atoms with Crippen LogP contribution < -0.4 is 5.73 Å². The summed E-state index contributed by atoms with van der Waals surface area (Å²) in [6.45, 7) is 5.13. The third-order valence-corrected chi connectivity index (χ3v) is 4.26. The van der Waals surface area contributed by atoms with E-state index in [1.165, 1.54) is 0 Å². The summed E-state index contributed by atoms with van der Waals surface area (Å²) in [5.74, 6) is -0.624. The normalized spacial score (nSPS) is 13.9. The van der Waals surface area contributed by atoms with Gasteiger partial charge < -0.3 is 10.5 Å². The van der Waals surface area contributed by atoms with Crippen molar-refractivity contribution in [1.29, 1.82) is 0 Å². The molecule has 0 radical (unpaired) electrons. The van der Waals surface area contributed by atoms with E-state index in [0.717, 1.165) is 0 Å². The fraction of sp³-hybridized carbons (Fsp3) is 0.889. The van der Waals surface area contributed by atoms with Gasteiger partial charge >= 0.3 is 5.97 Å². The third kappa shape index (κ3) is 5.13. The Balaban J connectivity index is 4.12. The molecular weight excluding hydrogens is 218 g/mol. The van der Waals surface area contributed by atoms with Crippen LogP contribution in [0.25, 0.3) is 0 Å². The van der Waals surface area contributed by atoms with Crippen molar-refractivity contribution in [2.75, 3.05) is 12.4 Å². The molecule has 0 saturated heterocycles. The summed E-state index contributed by atoms with van der Waals surface area (Å²) in [4.78, 5) is 11.1. The molecule has 0 spiro atoms. The topological polar surface area (TPSA) is 86.5 Å². The van der Waals surface area contributed by atoms with E-state index in [9.17, 15) is 13.2 Å². The van der Waals surface area contributed by atoms with Crippen molar-refractivity contribution < 1.29 is 17.9 Å². The molecule has 1 atom stereocenters. The lowest BCUT2D eigenvalue weighted by atomic mass is 10.2. The lowest BCUT2D eigenvalue weighted by Crippen LogP contribution is -2.35. The number of sulfone groups is 1. The van der Waals surface area contributed by atoms with Gasteiger partial charge in [-0.1, -0.05) is 0 Å². The molecule has 0 bridgehead atoms. The Hall–Kier alpha value is -0.620. The quantitative estimate of drug-likeness (QED) is 0.662. The van der Waals surface area contributed by atoms with Crippen molar-refractivity contribution in [2.24, 2.45) is 5.73 Å². The summed E-state index contributed by atoms with van der Waals surface area (Å²) < 4.78 is 27.5. The molecule has 2 N–H and O–H groups in total. The molecule has 0 aliphatic heterocycles. The zero-order valence-electron chi connectivity index (χ0n) is 9.39. The molecule has 0 aromatic heterocycles. The predicted octanol–water partition coefficient (Wildman–Crippen LogP) is 0.0901. The molecule has 0 aromatic rings. The average molecular weight is 237 g/mol. The molecule has 6 heteroatoms. The van der Waals surface area contributed by atoms with Crippen LogP contribution in [0.15, 0.2) is 0 Å². The first-order valence-electron chi connectivity index (χ1n) is 4.95. The van der Waals surface area contributed by atoms with Gasteiger partial charge in [0.25, 0.3) is 0 Å². The highest BCUT2D eigenvalue weighted by Crippen LogP contribution is 2.04. The van der Waals surface area contributed by atoms with Crippen LogP contribution in [0.5, 0.6) is 0 Å². The van der Waals surface area contributed by atoms with E-state index in [1.807, 2.05) is 0 Å². The highest BCUT2D eigenvalue weighted by Gasteiger charge is 2.21. The van der Waals surface area contributed by atoms with Gasteiger partial charge in [0.2, 0.25) is 0 Å². The van der Waals surface area contributed by atoms with Gasteiger partial charge in [0.05, 0.1) is 17.6 Å². The molecule has 0 saturated carbocycles. The first-order chi connectivity index (χ1) is 6.81. The second-order valence-electron chi connectivity index (χ2n) is 3.56. The Kier molecular flexibility index (Phi) is 5.82. The highest BCUT2D eigenvalue weighted by atomic mass is 32.2. The van der Waals surface area contributed by atoms with E-state index in [4.69, 9.17) is 5.73 Å². The number of hydrogen-bond acceptors (Lipinski definition) is 5. The average Bonchev–Trinajstić information content (AvgIpc) is 2.14. The van der Waals surface area contributed by atoms with Gasteiger partial charge in [-0.15, -0.1) is 0 Å². The molecule has 0 aliphatic rings. The van der Waals surface area contributed by atoms with Gasteiger partial charge in [-0.05, 0) is 27.2 Å². The van der Waals surface area contributed by atoms with Gasteiger partial charge in [0.1, 0.15) is 6.04 Å². The van der Waals surface area contributed by atoms with Crippen molar-refractivity contribution in [3.05, 3.63) is 0 Å². The number of ether oxygens (including phenoxy) is 1. The molecule has 5 nitrogen and oxygen atoms in total. The summed E-state index contributed by atoms with van der Waals surface area (Å²) in [6.07, 6.45) is 0.110. The standard InChI is InChI=1S/C9H19NO4S/c1-4-14-9(11)8(10)5-6-15(12,13)7(2)3/h7-8H,4-6,10H2,1-3H3. The Morgan fingerprint density at radius 2 is 1.93 bits per heavy atom. The second-order valence-corrected chi connectivity index (χ2v) is 6.24. The number of carbonyl (C=O) groups excluding carboxylic acids is 1. The minimum absolute atomic E-state index is 0.0787. The lowest BCUT2D eigenvalue weighted by molar-refractivity contribution is -0.144. The van der Waals surface area contributed by atoms with Crippen LogP contribution in [-0.2, 0) is 19.4 Å². The van der Waals surface area contributed by atoms with E-state index in [0.29, 0.717) is 0 Å². The molecule has 90 valence electrons. The molecule has 15 heavy (non-hydrogen) atoms. The van der Waals surface area contributed by atoms with E-state index in [1.54, 1.807) is 20.8 Å². The molecule has 0 fully saturated rings. The number of rotatable bonds is 6. The fourth-order valence-electron chi connectivity index (χ4n) is 0.894. The molecule has 1 unspecified atom stereocenters. The maximum Gasteiger partial charge on any atom is 0.322 e. The van der Waals surface area contributed by atoms with Crippen molar-refractivity contribution in [1.82, 2.24) is 0 Å². The van der Waals surface area contributed by atoms with E-state index >= 15 is 0 Å². The van der Waals surface area contributed by atoms with Crippen LogP contribution in [0.2, 0.25) is 0 Å². The monoisotopic (exact) mass is 237 g/mol. The van der Waals surface area contributed by atoms with Crippen LogP contribution >= 0.6 is 0 Å². The van der Waals surface area contributed by atoms with Gasteiger partial charge in [-0.2, -0.15) is 0 Å². The highest BCUT2D eigenvalue weighted by molar-refractivity contribution is 7.91. The molecular formula is C9H19NO4S. The summed E-state index contributed by atoms with van der Waals surface area (Å²) in [7, 11) is -3.13. The van der Waals surface area contributed by atoms with Crippen molar-refractivity contribution >= 4 is 15.8 Å². The SMILES string of the molecule is CCOC(=O)C(N)CCS(=O)(=O)C(C)C. The Labute approximate surface area is 90.9 Å². The first-order valence-corrected chi connectivity index (χ1v) is 6.66. The van der Waals surface area contributed by atoms with E-state index in [-0.39, 0.29) is 18.8 Å². The van der Waals surface area contributed by atoms with Crippen molar-refractivity contribution in [3.63, 3.8) is 0 Å². The second kappa shape index (κ2) is 6.07. The molecule has 0 heterocycles. The zero-order chi connectivity index (χ0) is 12.1. The van der Waals surface area contributed by atoms with Gasteiger partial charge in [0, 0.05) is 0 Å². The minimum Gasteiger partial charge on any atom is -0.465 e. The van der Waals surface area contributed by atoms with Crippen LogP contribution in [0.3, 0.4) is 0 Å². The Bertz CT molecular complexity index is 297. The van der Waals surface area contributed by atoms with Gasteiger partial charge in [0.15, 0.2) is 9.84 Å². The lowest BCUT2D eigenvalue weighted by Gasteiger charge is -2.12. The fourth-order valence-corrected chi connectivity index (χ4v) is 1.95. The maximum atomic E-state index is 11.4. The van der Waals surface area contributed by atoms with E-state index in [2.05, 4.69) is 4.74 Å². The number of hydrogen-bond donors (Lipinski definition) is 1. The number of nitrogens with two attached hydrogens (primary N) is 1. The van der Waals surface area contributed by atoms with Crippen molar-refractivity contribution in [3.8, 4) is 0 Å². The van der Waals surface area contributed by atoms with Gasteiger partial charge in [-0.3, -0.25) is 4.79 Å². The Morgan fingerprint density at radius 3 is 2.33 bits per heavy atom. The maximum absolute atomic E-state index is 11.4. The van der Waals surface area contributed by atoms with Crippen LogP contribution in [-0.4, -0.2) is 38.0 Å². The first kappa shape index (κ1) is 14.4. The summed E-state index contributed by atoms with van der Waals surface area (Å²) in [6, 6.07) is -0.849. The van der Waals surface area contributed by atoms with Crippen LogP contribution in [0.4, 0.5) is 0 Å². The number of esters is 1. The molecule has 0 rings (SSSR count). The van der Waals surface area contributed by atoms with E-state index < -0.39 is 27.1 Å². The smallest absolute Gasteiger partial charge is 0.322 e. The van der Waals surface area contributed by atoms with Crippen LogP contribution in [0.1, 0.15) is 27.2 Å². The van der Waals surface area contributed by atoms with Crippen molar-refractivity contribution in [2.45, 2.75) is 38.5 Å². The summed E-state index contributed by atoms with van der Waals surface area (Å²) >= 11 is 0. The summed E-state index contributed by atoms with van der Waals surface area (Å²) in [5.41, 5.74) is 5.47. The predicted molar refractivity (Wildman–Crippen MR) is 58.1 cm³/mol. The largest absolute Gasteiger partial charge is 0.465 e. The third-order valence-electron chi connectivity index (χ3n) is 2.02.